The van der Waals surface area contributed by atoms with E-state index in [1.165, 1.54) is 5.56 Å². The third kappa shape index (κ3) is 3.31. The van der Waals surface area contributed by atoms with Gasteiger partial charge in [-0.05, 0) is 17.7 Å². The van der Waals surface area contributed by atoms with Crippen LogP contribution >= 0.6 is 11.8 Å². The average Bonchev–Trinajstić information content (AvgIpc) is 2.85. The van der Waals surface area contributed by atoms with Crippen LogP contribution in [-0.2, 0) is 10.2 Å². The summed E-state index contributed by atoms with van der Waals surface area (Å²) in [5.41, 5.74) is -0.126. The second-order valence-corrected chi connectivity index (χ2v) is 6.87. The van der Waals surface area contributed by atoms with E-state index in [1.54, 1.807) is 11.8 Å². The molecule has 0 bridgehead atoms. The van der Waals surface area contributed by atoms with E-state index in [2.05, 4.69) is 31.3 Å². The van der Waals surface area contributed by atoms with Crippen molar-refractivity contribution >= 4 is 17.7 Å². The van der Waals surface area contributed by atoms with Crippen molar-refractivity contribution < 1.29 is 9.90 Å². The molecule has 1 amide bonds. The zero-order chi connectivity index (χ0) is 13.9. The quantitative estimate of drug-likeness (QED) is 0.885. The Balaban J connectivity index is 1.96. The van der Waals surface area contributed by atoms with Gasteiger partial charge in [0.05, 0.1) is 0 Å². The van der Waals surface area contributed by atoms with Gasteiger partial charge in [0.25, 0.3) is 5.91 Å². The maximum Gasteiger partial charge on any atom is 0.252 e. The van der Waals surface area contributed by atoms with Crippen LogP contribution in [0.25, 0.3) is 0 Å². The van der Waals surface area contributed by atoms with E-state index < -0.39 is 5.60 Å². The number of hydrogen-bond acceptors (Lipinski definition) is 3. The first kappa shape index (κ1) is 14.4. The third-order valence-corrected chi connectivity index (χ3v) is 4.84. The predicted octanol–water partition coefficient (Wildman–Crippen LogP) is 1.95. The summed E-state index contributed by atoms with van der Waals surface area (Å²) < 4.78 is 0. The number of benzene rings is 1. The highest BCUT2D eigenvalue weighted by molar-refractivity contribution is 7.99. The van der Waals surface area contributed by atoms with Gasteiger partial charge in [-0.1, -0.05) is 44.2 Å². The molecular weight excluding hydrogens is 258 g/mol. The minimum Gasteiger partial charge on any atom is -0.379 e. The van der Waals surface area contributed by atoms with Crippen molar-refractivity contribution in [2.24, 2.45) is 0 Å². The van der Waals surface area contributed by atoms with E-state index in [4.69, 9.17) is 0 Å². The molecule has 19 heavy (non-hydrogen) atoms. The largest absolute Gasteiger partial charge is 0.379 e. The van der Waals surface area contributed by atoms with Crippen molar-refractivity contribution in [3.05, 3.63) is 35.9 Å². The number of carbonyl (C=O) groups excluding carboxylic acids is 1. The van der Waals surface area contributed by atoms with Gasteiger partial charge in [-0.3, -0.25) is 4.79 Å². The van der Waals surface area contributed by atoms with Crippen LogP contribution in [0.5, 0.6) is 0 Å². The van der Waals surface area contributed by atoms with Crippen LogP contribution in [0.1, 0.15) is 25.8 Å². The summed E-state index contributed by atoms with van der Waals surface area (Å²) in [5.74, 6) is 1.12. The van der Waals surface area contributed by atoms with Gasteiger partial charge in [0, 0.05) is 17.7 Å². The summed E-state index contributed by atoms with van der Waals surface area (Å²) in [6.07, 6.45) is 0.551. The number of carbonyl (C=O) groups is 1. The molecule has 0 saturated carbocycles. The van der Waals surface area contributed by atoms with Crippen LogP contribution in [0.2, 0.25) is 0 Å². The first-order valence-electron chi connectivity index (χ1n) is 6.58. The normalized spacial score (nSPS) is 23.3. The average molecular weight is 279 g/mol. The predicted molar refractivity (Wildman–Crippen MR) is 79.4 cm³/mol. The van der Waals surface area contributed by atoms with Crippen LogP contribution in [0, 0.1) is 0 Å². The van der Waals surface area contributed by atoms with E-state index in [1.807, 2.05) is 18.2 Å². The first-order valence-corrected chi connectivity index (χ1v) is 7.73. The molecule has 0 radical (unpaired) electrons. The third-order valence-electron chi connectivity index (χ3n) is 3.67. The highest BCUT2D eigenvalue weighted by Crippen LogP contribution is 2.28. The number of rotatable bonds is 4. The Kier molecular flexibility index (Phi) is 4.21. The van der Waals surface area contributed by atoms with Crippen LogP contribution in [0.3, 0.4) is 0 Å². The Hall–Kier alpha value is -1.00. The molecule has 104 valence electrons. The Morgan fingerprint density at radius 2 is 2.11 bits per heavy atom. The van der Waals surface area contributed by atoms with Crippen molar-refractivity contribution in [3.8, 4) is 0 Å². The topological polar surface area (TPSA) is 49.3 Å². The lowest BCUT2D eigenvalue weighted by molar-refractivity contribution is -0.137. The van der Waals surface area contributed by atoms with Gasteiger partial charge in [-0.25, -0.2) is 0 Å². The number of amides is 1. The summed E-state index contributed by atoms with van der Waals surface area (Å²) in [6.45, 7) is 4.72. The van der Waals surface area contributed by atoms with E-state index in [0.29, 0.717) is 18.7 Å². The van der Waals surface area contributed by atoms with Gasteiger partial charge in [0.2, 0.25) is 0 Å². The molecule has 0 aliphatic carbocycles. The van der Waals surface area contributed by atoms with E-state index in [9.17, 15) is 9.90 Å². The minimum atomic E-state index is -1.17. The molecule has 1 aromatic rings. The van der Waals surface area contributed by atoms with Crippen molar-refractivity contribution in [1.82, 2.24) is 5.32 Å². The zero-order valence-corrected chi connectivity index (χ0v) is 12.3. The van der Waals surface area contributed by atoms with Crippen LogP contribution in [-0.4, -0.2) is 34.7 Å². The molecular formula is C15H21NO2S. The lowest BCUT2D eigenvalue weighted by Gasteiger charge is -2.28. The molecule has 1 aromatic carbocycles. The van der Waals surface area contributed by atoms with E-state index >= 15 is 0 Å². The zero-order valence-electron chi connectivity index (χ0n) is 11.5. The Morgan fingerprint density at radius 3 is 2.68 bits per heavy atom. The van der Waals surface area contributed by atoms with Crippen LogP contribution in [0.4, 0.5) is 0 Å². The molecule has 3 nitrogen and oxygen atoms in total. The van der Waals surface area contributed by atoms with Gasteiger partial charge in [0.15, 0.2) is 5.60 Å². The van der Waals surface area contributed by atoms with E-state index in [0.717, 1.165) is 5.75 Å². The number of nitrogens with one attached hydrogen (secondary N) is 1. The highest BCUT2D eigenvalue weighted by atomic mass is 32.2. The number of thioether (sulfide) groups is 1. The second-order valence-electron chi connectivity index (χ2n) is 5.77. The highest BCUT2D eigenvalue weighted by Gasteiger charge is 2.39. The maximum absolute atomic E-state index is 12.1. The van der Waals surface area contributed by atoms with Gasteiger partial charge in [-0.2, -0.15) is 11.8 Å². The van der Waals surface area contributed by atoms with Crippen LogP contribution in [0.15, 0.2) is 30.3 Å². The lowest BCUT2D eigenvalue weighted by atomic mass is 9.84. The SMILES string of the molecule is CC(C)(CNC(=O)C1(O)CCSC1)c1ccccc1. The molecule has 1 saturated heterocycles. The molecule has 0 aromatic heterocycles. The monoisotopic (exact) mass is 279 g/mol. The van der Waals surface area contributed by atoms with Gasteiger partial charge >= 0.3 is 0 Å². The molecule has 1 fully saturated rings. The van der Waals surface area contributed by atoms with Crippen molar-refractivity contribution in [1.29, 1.82) is 0 Å². The molecule has 2 N–H and O–H groups in total. The molecule has 1 unspecified atom stereocenters. The number of aliphatic hydroxyl groups is 1. The van der Waals surface area contributed by atoms with Crippen molar-refractivity contribution in [2.75, 3.05) is 18.1 Å². The molecule has 0 spiro atoms. The molecule has 1 heterocycles. The van der Waals surface area contributed by atoms with Gasteiger partial charge in [-0.15, -0.1) is 0 Å². The molecule has 1 aliphatic rings. The van der Waals surface area contributed by atoms with E-state index in [-0.39, 0.29) is 11.3 Å². The fourth-order valence-electron chi connectivity index (χ4n) is 2.19. The Morgan fingerprint density at radius 1 is 1.42 bits per heavy atom. The molecule has 2 rings (SSSR count). The fourth-order valence-corrected chi connectivity index (χ4v) is 3.43. The molecule has 1 aliphatic heterocycles. The summed E-state index contributed by atoms with van der Waals surface area (Å²) in [4.78, 5) is 12.1. The Bertz CT molecular complexity index is 439. The molecule has 1 atom stereocenters. The Labute approximate surface area is 118 Å². The summed E-state index contributed by atoms with van der Waals surface area (Å²) in [5, 5.41) is 13.1. The second kappa shape index (κ2) is 5.55. The fraction of sp³-hybridized carbons (Fsp3) is 0.533. The number of hydrogen-bond donors (Lipinski definition) is 2. The smallest absolute Gasteiger partial charge is 0.252 e. The first-order chi connectivity index (χ1) is 8.94. The lowest BCUT2D eigenvalue weighted by Crippen LogP contribution is -2.49. The maximum atomic E-state index is 12.1. The van der Waals surface area contributed by atoms with Crippen molar-refractivity contribution in [2.45, 2.75) is 31.3 Å². The summed E-state index contributed by atoms with van der Waals surface area (Å²) >= 11 is 1.63. The van der Waals surface area contributed by atoms with Gasteiger partial charge < -0.3 is 10.4 Å². The minimum absolute atomic E-state index is 0.140. The standard InChI is InChI=1S/C15H21NO2S/c1-14(2,12-6-4-3-5-7-12)10-16-13(17)15(18)8-9-19-11-15/h3-7,18H,8-11H2,1-2H3,(H,16,17). The molecule has 4 heteroatoms. The van der Waals surface area contributed by atoms with Crippen molar-refractivity contribution in [3.63, 3.8) is 0 Å². The van der Waals surface area contributed by atoms with Gasteiger partial charge in [0.1, 0.15) is 0 Å². The van der Waals surface area contributed by atoms with Crippen LogP contribution < -0.4 is 5.32 Å². The summed E-state index contributed by atoms with van der Waals surface area (Å²) in [7, 11) is 0. The summed E-state index contributed by atoms with van der Waals surface area (Å²) in [6, 6.07) is 10.1.